The van der Waals surface area contributed by atoms with Crippen LogP contribution < -0.4 is 19.5 Å². The SMILES string of the molecule is COc1ccc(-n2c(SCC(=O)Nc3ccc4c(c3)OCO4)nc3ccccc32)cc1. The van der Waals surface area contributed by atoms with Crippen LogP contribution in [0, 0.1) is 0 Å². The number of carbonyl (C=O) groups is 1. The maximum absolute atomic E-state index is 12.6. The zero-order valence-electron chi connectivity index (χ0n) is 16.7. The maximum atomic E-state index is 12.6. The number of benzene rings is 3. The molecule has 1 aliphatic heterocycles. The number of thioether (sulfide) groups is 1. The highest BCUT2D eigenvalue weighted by atomic mass is 32.2. The number of nitrogens with zero attached hydrogens (tertiary/aromatic N) is 2. The van der Waals surface area contributed by atoms with Gasteiger partial charge in [-0.1, -0.05) is 23.9 Å². The standard InChI is InChI=1S/C23H19N3O4S/c1-28-17-9-7-16(8-10-17)26-19-5-3-2-4-18(19)25-23(26)31-13-22(27)24-15-6-11-20-21(12-15)30-14-29-20/h2-12H,13-14H2,1H3,(H,24,27). The van der Waals surface area contributed by atoms with Gasteiger partial charge < -0.3 is 19.5 Å². The number of rotatable bonds is 6. The van der Waals surface area contributed by atoms with E-state index in [1.807, 2.05) is 53.1 Å². The third-order valence-corrected chi connectivity index (χ3v) is 5.79. The van der Waals surface area contributed by atoms with E-state index in [4.69, 9.17) is 19.2 Å². The molecule has 0 saturated heterocycles. The topological polar surface area (TPSA) is 74.6 Å². The average molecular weight is 433 g/mol. The van der Waals surface area contributed by atoms with Gasteiger partial charge >= 0.3 is 0 Å². The van der Waals surface area contributed by atoms with Crippen molar-refractivity contribution in [3.63, 3.8) is 0 Å². The van der Waals surface area contributed by atoms with Crippen molar-refractivity contribution in [2.75, 3.05) is 25.0 Å². The fraction of sp³-hybridized carbons (Fsp3) is 0.130. The summed E-state index contributed by atoms with van der Waals surface area (Å²) in [6.07, 6.45) is 0. The molecule has 31 heavy (non-hydrogen) atoms. The fourth-order valence-corrected chi connectivity index (χ4v) is 4.21. The first-order valence-electron chi connectivity index (χ1n) is 9.65. The Labute approximate surface area is 182 Å². The van der Waals surface area contributed by atoms with E-state index in [9.17, 15) is 4.79 Å². The Hall–Kier alpha value is -3.65. The van der Waals surface area contributed by atoms with E-state index in [0.717, 1.165) is 27.6 Å². The first-order chi connectivity index (χ1) is 15.2. The van der Waals surface area contributed by atoms with E-state index in [2.05, 4.69) is 5.32 Å². The number of hydrogen-bond acceptors (Lipinski definition) is 6. The second kappa shape index (κ2) is 8.23. The summed E-state index contributed by atoms with van der Waals surface area (Å²) in [7, 11) is 1.64. The Morgan fingerprint density at radius 2 is 1.90 bits per heavy atom. The largest absolute Gasteiger partial charge is 0.497 e. The van der Waals surface area contributed by atoms with Gasteiger partial charge in [-0.2, -0.15) is 0 Å². The molecular weight excluding hydrogens is 414 g/mol. The van der Waals surface area contributed by atoms with Crippen LogP contribution in [0.3, 0.4) is 0 Å². The minimum absolute atomic E-state index is 0.128. The minimum Gasteiger partial charge on any atom is -0.497 e. The van der Waals surface area contributed by atoms with Crippen molar-refractivity contribution in [3.05, 3.63) is 66.7 Å². The highest BCUT2D eigenvalue weighted by Gasteiger charge is 2.16. The molecule has 0 radical (unpaired) electrons. The van der Waals surface area contributed by atoms with E-state index in [0.29, 0.717) is 17.2 Å². The van der Waals surface area contributed by atoms with Crippen molar-refractivity contribution in [2.45, 2.75) is 5.16 Å². The number of carbonyl (C=O) groups excluding carboxylic acids is 1. The van der Waals surface area contributed by atoms with E-state index < -0.39 is 0 Å². The summed E-state index contributed by atoms with van der Waals surface area (Å²) in [5.41, 5.74) is 3.47. The Bertz CT molecular complexity index is 1250. The van der Waals surface area contributed by atoms with Gasteiger partial charge in [-0.15, -0.1) is 0 Å². The van der Waals surface area contributed by atoms with Gasteiger partial charge in [0.1, 0.15) is 5.75 Å². The quantitative estimate of drug-likeness (QED) is 0.452. The van der Waals surface area contributed by atoms with Crippen molar-refractivity contribution < 1.29 is 19.0 Å². The molecule has 0 saturated carbocycles. The predicted molar refractivity (Wildman–Crippen MR) is 120 cm³/mol. The zero-order chi connectivity index (χ0) is 21.2. The molecule has 1 aliphatic rings. The number of para-hydroxylation sites is 2. The number of imidazole rings is 1. The Morgan fingerprint density at radius 3 is 2.74 bits per heavy atom. The molecule has 156 valence electrons. The zero-order valence-corrected chi connectivity index (χ0v) is 17.5. The summed E-state index contributed by atoms with van der Waals surface area (Å²) < 4.78 is 18.0. The van der Waals surface area contributed by atoms with Gasteiger partial charge in [0.25, 0.3) is 0 Å². The number of aromatic nitrogens is 2. The molecule has 3 aromatic carbocycles. The molecular formula is C23H19N3O4S. The first kappa shape index (κ1) is 19.3. The smallest absolute Gasteiger partial charge is 0.234 e. The van der Waals surface area contributed by atoms with E-state index in [1.54, 1.807) is 25.3 Å². The molecule has 0 aliphatic carbocycles. The molecule has 7 nitrogen and oxygen atoms in total. The van der Waals surface area contributed by atoms with E-state index in [1.165, 1.54) is 11.8 Å². The highest BCUT2D eigenvalue weighted by molar-refractivity contribution is 7.99. The Balaban J connectivity index is 1.36. The summed E-state index contributed by atoms with van der Waals surface area (Å²) in [6, 6.07) is 21.0. The van der Waals surface area contributed by atoms with Crippen molar-refractivity contribution in [1.82, 2.24) is 9.55 Å². The predicted octanol–water partition coefficient (Wildman–Crippen LogP) is 4.49. The van der Waals surface area contributed by atoms with Gasteiger partial charge in [0, 0.05) is 17.4 Å². The van der Waals surface area contributed by atoms with Gasteiger partial charge in [-0.05, 0) is 48.5 Å². The molecule has 0 fully saturated rings. The first-order valence-corrected chi connectivity index (χ1v) is 10.6. The molecule has 0 bridgehead atoms. The van der Waals surface area contributed by atoms with Gasteiger partial charge in [0.15, 0.2) is 16.7 Å². The van der Waals surface area contributed by atoms with E-state index >= 15 is 0 Å². The van der Waals surface area contributed by atoms with Crippen LogP contribution in [0.25, 0.3) is 16.7 Å². The molecule has 5 rings (SSSR count). The van der Waals surface area contributed by atoms with Crippen LogP contribution in [0.4, 0.5) is 5.69 Å². The normalized spacial score (nSPS) is 12.2. The monoisotopic (exact) mass is 433 g/mol. The van der Waals surface area contributed by atoms with Crippen molar-refractivity contribution >= 4 is 34.4 Å². The van der Waals surface area contributed by atoms with Gasteiger partial charge in [0.2, 0.25) is 12.7 Å². The van der Waals surface area contributed by atoms with Gasteiger partial charge in [0.05, 0.1) is 23.9 Å². The van der Waals surface area contributed by atoms with Crippen LogP contribution in [-0.2, 0) is 4.79 Å². The molecule has 1 N–H and O–H groups in total. The molecule has 0 spiro atoms. The summed E-state index contributed by atoms with van der Waals surface area (Å²) in [6.45, 7) is 0.199. The molecule has 4 aromatic rings. The number of ether oxygens (including phenoxy) is 3. The Kier molecular flexibility index (Phi) is 5.13. The average Bonchev–Trinajstić information content (AvgIpc) is 3.41. The number of fused-ring (bicyclic) bond motifs is 2. The van der Waals surface area contributed by atoms with Crippen molar-refractivity contribution in [2.24, 2.45) is 0 Å². The lowest BCUT2D eigenvalue weighted by Crippen LogP contribution is -2.14. The van der Waals surface area contributed by atoms with Crippen LogP contribution in [0.5, 0.6) is 17.2 Å². The molecule has 1 aromatic heterocycles. The van der Waals surface area contributed by atoms with Crippen LogP contribution in [0.2, 0.25) is 0 Å². The van der Waals surface area contributed by atoms with Crippen LogP contribution in [0.1, 0.15) is 0 Å². The van der Waals surface area contributed by atoms with Gasteiger partial charge in [-0.3, -0.25) is 9.36 Å². The molecule has 8 heteroatoms. The third-order valence-electron chi connectivity index (χ3n) is 4.85. The third kappa shape index (κ3) is 3.89. The molecule has 2 heterocycles. The van der Waals surface area contributed by atoms with Crippen molar-refractivity contribution in [3.8, 4) is 22.9 Å². The number of hydrogen-bond donors (Lipinski definition) is 1. The molecule has 0 unspecified atom stereocenters. The van der Waals surface area contributed by atoms with Crippen LogP contribution >= 0.6 is 11.8 Å². The summed E-state index contributed by atoms with van der Waals surface area (Å²) in [4.78, 5) is 17.3. The minimum atomic E-state index is -0.128. The maximum Gasteiger partial charge on any atom is 0.234 e. The lowest BCUT2D eigenvalue weighted by atomic mass is 10.2. The van der Waals surface area contributed by atoms with E-state index in [-0.39, 0.29) is 18.5 Å². The summed E-state index contributed by atoms with van der Waals surface area (Å²) in [5, 5.41) is 3.64. The highest BCUT2D eigenvalue weighted by Crippen LogP contribution is 2.34. The number of anilines is 1. The summed E-state index contributed by atoms with van der Waals surface area (Å²) >= 11 is 1.38. The second-order valence-corrected chi connectivity index (χ2v) is 7.76. The molecule has 0 atom stereocenters. The van der Waals surface area contributed by atoms with Crippen LogP contribution in [0.15, 0.2) is 71.9 Å². The molecule has 1 amide bonds. The number of nitrogens with one attached hydrogen (secondary N) is 1. The van der Waals surface area contributed by atoms with Crippen molar-refractivity contribution in [1.29, 1.82) is 0 Å². The number of methoxy groups -OCH3 is 1. The second-order valence-electron chi connectivity index (χ2n) is 6.82. The summed E-state index contributed by atoms with van der Waals surface area (Å²) in [5.74, 6) is 2.18. The Morgan fingerprint density at radius 1 is 1.10 bits per heavy atom. The lowest BCUT2D eigenvalue weighted by Gasteiger charge is -2.10. The van der Waals surface area contributed by atoms with Gasteiger partial charge in [-0.25, -0.2) is 4.98 Å². The fourth-order valence-electron chi connectivity index (χ4n) is 3.38. The lowest BCUT2D eigenvalue weighted by molar-refractivity contribution is -0.113. The number of amides is 1. The van der Waals surface area contributed by atoms with Crippen LogP contribution in [-0.4, -0.2) is 35.1 Å².